The van der Waals surface area contributed by atoms with Crippen LogP contribution in [0.25, 0.3) is 0 Å². The molecule has 2 heterocycles. The van der Waals surface area contributed by atoms with Gasteiger partial charge >= 0.3 is 0 Å². The minimum atomic E-state index is -0.525. The maximum atomic E-state index is 12.8. The lowest BCUT2D eigenvalue weighted by atomic mass is 9.82. The van der Waals surface area contributed by atoms with Crippen molar-refractivity contribution in [1.82, 2.24) is 15.4 Å². The number of hydrogen-bond acceptors (Lipinski definition) is 4. The molecule has 6 nitrogen and oxygen atoms in total. The summed E-state index contributed by atoms with van der Waals surface area (Å²) >= 11 is 0. The molecule has 2 atom stereocenters. The average molecular weight is 293 g/mol. The first kappa shape index (κ1) is 15.5. The van der Waals surface area contributed by atoms with Crippen molar-refractivity contribution in [2.45, 2.75) is 53.2 Å². The Balaban J connectivity index is 2.33. The molecule has 0 aromatic carbocycles. The maximum absolute atomic E-state index is 12.8. The third-order valence-electron chi connectivity index (χ3n) is 3.74. The molecule has 0 saturated carbocycles. The van der Waals surface area contributed by atoms with Crippen LogP contribution in [0, 0.1) is 11.3 Å². The maximum Gasteiger partial charge on any atom is 0.246 e. The molecule has 0 aliphatic carbocycles. The van der Waals surface area contributed by atoms with Crippen molar-refractivity contribution in [3.63, 3.8) is 0 Å². The predicted octanol–water partition coefficient (Wildman–Crippen LogP) is 1.57. The molecular formula is C15H23N3O3. The molecule has 1 N–H and O–H groups in total. The Labute approximate surface area is 124 Å². The fourth-order valence-corrected chi connectivity index (χ4v) is 2.65. The van der Waals surface area contributed by atoms with Crippen LogP contribution >= 0.6 is 0 Å². The molecule has 0 radical (unpaired) electrons. The second-order valence-electron chi connectivity index (χ2n) is 6.94. The fraction of sp³-hybridized carbons (Fsp3) is 0.667. The van der Waals surface area contributed by atoms with Crippen LogP contribution in [0.4, 0.5) is 0 Å². The predicted molar refractivity (Wildman–Crippen MR) is 77.1 cm³/mol. The van der Waals surface area contributed by atoms with Gasteiger partial charge in [0.1, 0.15) is 12.1 Å². The summed E-state index contributed by atoms with van der Waals surface area (Å²) < 4.78 is 5.09. The molecule has 1 fully saturated rings. The van der Waals surface area contributed by atoms with Gasteiger partial charge in [-0.2, -0.15) is 0 Å². The number of nitrogens with zero attached hydrogens (tertiary/aromatic N) is 2. The lowest BCUT2D eigenvalue weighted by Crippen LogP contribution is -2.67. The first-order valence-corrected chi connectivity index (χ1v) is 7.22. The van der Waals surface area contributed by atoms with Gasteiger partial charge in [0.05, 0.1) is 12.7 Å². The molecule has 6 heteroatoms. The van der Waals surface area contributed by atoms with E-state index in [1.807, 2.05) is 34.6 Å². The van der Waals surface area contributed by atoms with Gasteiger partial charge in [0.15, 0.2) is 5.76 Å². The molecule has 1 aromatic rings. The number of aromatic nitrogens is 1. The van der Waals surface area contributed by atoms with E-state index in [1.54, 1.807) is 11.0 Å². The molecule has 2 amide bonds. The molecule has 1 aliphatic rings. The highest BCUT2D eigenvalue weighted by Crippen LogP contribution is 2.28. The van der Waals surface area contributed by atoms with Crippen molar-refractivity contribution < 1.29 is 14.1 Å². The molecule has 0 bridgehead atoms. The number of hydrogen-bond donors (Lipinski definition) is 1. The largest absolute Gasteiger partial charge is 0.360 e. The molecule has 2 unspecified atom stereocenters. The van der Waals surface area contributed by atoms with Crippen molar-refractivity contribution in [2.75, 3.05) is 0 Å². The van der Waals surface area contributed by atoms with E-state index in [-0.39, 0.29) is 29.7 Å². The number of amides is 2. The third-order valence-corrected chi connectivity index (χ3v) is 3.74. The topological polar surface area (TPSA) is 75.4 Å². The molecule has 0 spiro atoms. The smallest absolute Gasteiger partial charge is 0.246 e. The van der Waals surface area contributed by atoms with Gasteiger partial charge in [-0.15, -0.1) is 0 Å². The van der Waals surface area contributed by atoms with E-state index in [0.717, 1.165) is 0 Å². The first-order chi connectivity index (χ1) is 9.71. The Hall–Kier alpha value is -1.85. The third kappa shape index (κ3) is 3.09. The Bertz CT molecular complexity index is 517. The zero-order valence-electron chi connectivity index (χ0n) is 13.2. The summed E-state index contributed by atoms with van der Waals surface area (Å²) in [7, 11) is 0. The summed E-state index contributed by atoms with van der Waals surface area (Å²) in [5, 5.41) is 6.53. The van der Waals surface area contributed by atoms with E-state index in [0.29, 0.717) is 5.76 Å². The minimum Gasteiger partial charge on any atom is -0.360 e. The van der Waals surface area contributed by atoms with Gasteiger partial charge in [0.2, 0.25) is 11.8 Å². The normalized spacial score (nSPS) is 23.6. The van der Waals surface area contributed by atoms with Crippen LogP contribution in [0.15, 0.2) is 16.8 Å². The van der Waals surface area contributed by atoms with Crippen molar-refractivity contribution >= 4 is 11.8 Å². The van der Waals surface area contributed by atoms with E-state index in [2.05, 4.69) is 10.5 Å². The quantitative estimate of drug-likeness (QED) is 0.918. The highest BCUT2D eigenvalue weighted by Gasteiger charge is 2.46. The minimum absolute atomic E-state index is 0.0257. The zero-order chi connectivity index (χ0) is 15.8. The second kappa shape index (κ2) is 5.50. The molecule has 2 rings (SSSR count). The van der Waals surface area contributed by atoms with E-state index >= 15 is 0 Å². The van der Waals surface area contributed by atoms with Crippen molar-refractivity contribution in [2.24, 2.45) is 11.3 Å². The summed E-state index contributed by atoms with van der Waals surface area (Å²) in [6.45, 7) is 9.96. The summed E-state index contributed by atoms with van der Waals surface area (Å²) in [5.41, 5.74) is -0.339. The van der Waals surface area contributed by atoms with Gasteiger partial charge in [-0.25, -0.2) is 0 Å². The van der Waals surface area contributed by atoms with Crippen molar-refractivity contribution in [3.8, 4) is 0 Å². The Kier molecular flexibility index (Phi) is 4.07. The highest BCUT2D eigenvalue weighted by atomic mass is 16.5. The molecule has 1 aromatic heterocycles. The van der Waals surface area contributed by atoms with Crippen molar-refractivity contribution in [1.29, 1.82) is 0 Å². The molecule has 116 valence electrons. The van der Waals surface area contributed by atoms with Crippen LogP contribution in [0.1, 0.15) is 40.4 Å². The number of carbonyl (C=O) groups is 2. The monoisotopic (exact) mass is 293 g/mol. The van der Waals surface area contributed by atoms with Gasteiger partial charge in [0, 0.05) is 6.07 Å². The van der Waals surface area contributed by atoms with Crippen LogP contribution in [0.3, 0.4) is 0 Å². The van der Waals surface area contributed by atoms with Gasteiger partial charge in [0.25, 0.3) is 0 Å². The summed E-state index contributed by atoms with van der Waals surface area (Å²) in [6.07, 6.45) is 1.54. The van der Waals surface area contributed by atoms with Gasteiger partial charge in [-0.05, 0) is 11.3 Å². The lowest BCUT2D eigenvalue weighted by molar-refractivity contribution is -0.155. The standard InChI is InChI=1S/C15H23N3O3/c1-9(2)11-13(19)17-12(15(3,4)5)14(20)18(11)8-10-6-7-16-21-10/h6-7,9,11-12H,8H2,1-5H3,(H,17,19). The van der Waals surface area contributed by atoms with Crippen LogP contribution in [0.2, 0.25) is 0 Å². The average Bonchev–Trinajstić information content (AvgIpc) is 2.84. The van der Waals surface area contributed by atoms with E-state index in [1.165, 1.54) is 6.20 Å². The summed E-state index contributed by atoms with van der Waals surface area (Å²) in [4.78, 5) is 26.8. The number of piperazine rings is 1. The van der Waals surface area contributed by atoms with Gasteiger partial charge < -0.3 is 14.7 Å². The van der Waals surface area contributed by atoms with Crippen LogP contribution in [-0.2, 0) is 16.1 Å². The summed E-state index contributed by atoms with van der Waals surface area (Å²) in [6, 6.07) is 0.702. The highest BCUT2D eigenvalue weighted by molar-refractivity contribution is 5.97. The van der Waals surface area contributed by atoms with E-state index in [4.69, 9.17) is 4.52 Å². The Morgan fingerprint density at radius 3 is 2.52 bits per heavy atom. The van der Waals surface area contributed by atoms with Crippen LogP contribution in [0.5, 0.6) is 0 Å². The second-order valence-corrected chi connectivity index (χ2v) is 6.94. The number of nitrogens with one attached hydrogen (secondary N) is 1. The summed E-state index contributed by atoms with van der Waals surface area (Å²) in [5.74, 6) is 0.426. The van der Waals surface area contributed by atoms with Gasteiger partial charge in [-0.1, -0.05) is 39.8 Å². The molecule has 1 saturated heterocycles. The Morgan fingerprint density at radius 1 is 1.38 bits per heavy atom. The Morgan fingerprint density at radius 2 is 2.05 bits per heavy atom. The van der Waals surface area contributed by atoms with Gasteiger partial charge in [-0.3, -0.25) is 9.59 Å². The zero-order valence-corrected chi connectivity index (χ0v) is 13.2. The number of carbonyl (C=O) groups excluding carboxylic acids is 2. The van der Waals surface area contributed by atoms with Crippen LogP contribution < -0.4 is 5.32 Å². The SMILES string of the molecule is CC(C)C1C(=O)NC(C(C)(C)C)C(=O)N1Cc1ccno1. The van der Waals surface area contributed by atoms with E-state index < -0.39 is 12.1 Å². The molecule has 21 heavy (non-hydrogen) atoms. The van der Waals surface area contributed by atoms with E-state index in [9.17, 15) is 9.59 Å². The fourth-order valence-electron chi connectivity index (χ4n) is 2.65. The van der Waals surface area contributed by atoms with Crippen LogP contribution in [-0.4, -0.2) is 34.0 Å². The molecular weight excluding hydrogens is 270 g/mol. The first-order valence-electron chi connectivity index (χ1n) is 7.22. The lowest BCUT2D eigenvalue weighted by Gasteiger charge is -2.44. The molecule has 1 aliphatic heterocycles. The van der Waals surface area contributed by atoms with Crippen molar-refractivity contribution in [3.05, 3.63) is 18.0 Å². The number of rotatable bonds is 3.